The van der Waals surface area contributed by atoms with E-state index in [-0.39, 0.29) is 18.7 Å². The van der Waals surface area contributed by atoms with Gasteiger partial charge in [0.1, 0.15) is 0 Å². The third-order valence-corrected chi connectivity index (χ3v) is 3.36. The van der Waals surface area contributed by atoms with Gasteiger partial charge in [-0.1, -0.05) is 12.1 Å². The number of aliphatic hydroxyl groups excluding tert-OH is 1. The molecule has 1 aromatic carbocycles. The quantitative estimate of drug-likeness (QED) is 0.702. The highest BCUT2D eigenvalue weighted by molar-refractivity contribution is 5.82. The number of hydrogen-bond acceptors (Lipinski definition) is 5. The number of carbonyl (C=O) groups excluding carboxylic acids is 1. The van der Waals surface area contributed by atoms with Crippen LogP contribution in [-0.4, -0.2) is 36.5 Å². The lowest BCUT2D eigenvalue weighted by Crippen LogP contribution is -2.40. The van der Waals surface area contributed by atoms with E-state index < -0.39 is 6.10 Å². The van der Waals surface area contributed by atoms with E-state index in [1.807, 2.05) is 18.2 Å². The van der Waals surface area contributed by atoms with Crippen LogP contribution in [0, 0.1) is 0 Å². The van der Waals surface area contributed by atoms with Crippen LogP contribution in [0.3, 0.4) is 0 Å². The molecule has 0 saturated carbocycles. The summed E-state index contributed by atoms with van der Waals surface area (Å²) >= 11 is 0. The molecule has 6 heteroatoms. The molecule has 2 atom stereocenters. The third kappa shape index (κ3) is 2.50. The number of para-hydroxylation sites is 1. The summed E-state index contributed by atoms with van der Waals surface area (Å²) in [5.41, 5.74) is 0.891. The Balaban J connectivity index is 1.61. The second kappa shape index (κ2) is 5.07. The zero-order chi connectivity index (χ0) is 13.2. The Kier molecular flexibility index (Phi) is 3.27. The van der Waals surface area contributed by atoms with Gasteiger partial charge in [0.25, 0.3) is 0 Å². The fourth-order valence-corrected chi connectivity index (χ4v) is 2.35. The fraction of sp³-hybridized carbons (Fsp3) is 0.462. The van der Waals surface area contributed by atoms with E-state index in [0.29, 0.717) is 31.0 Å². The van der Waals surface area contributed by atoms with Crippen molar-refractivity contribution in [3.63, 3.8) is 0 Å². The summed E-state index contributed by atoms with van der Waals surface area (Å²) in [6.07, 6.45) is 0.0201. The monoisotopic (exact) mass is 264 g/mol. The molecule has 0 aromatic heterocycles. The molecular formula is C13H16N2O4. The minimum Gasteiger partial charge on any atom is -0.454 e. The first kappa shape index (κ1) is 12.3. The molecule has 0 aliphatic carbocycles. The molecule has 2 unspecified atom stereocenters. The van der Waals surface area contributed by atoms with Gasteiger partial charge in [-0.3, -0.25) is 4.79 Å². The van der Waals surface area contributed by atoms with Gasteiger partial charge in [-0.25, -0.2) is 0 Å². The summed E-state index contributed by atoms with van der Waals surface area (Å²) in [5, 5.41) is 15.2. The van der Waals surface area contributed by atoms with Crippen molar-refractivity contribution in [2.45, 2.75) is 25.1 Å². The van der Waals surface area contributed by atoms with E-state index in [1.165, 1.54) is 0 Å². The van der Waals surface area contributed by atoms with Crippen molar-refractivity contribution in [1.82, 2.24) is 10.6 Å². The van der Waals surface area contributed by atoms with E-state index in [1.54, 1.807) is 0 Å². The van der Waals surface area contributed by atoms with Crippen molar-refractivity contribution in [2.24, 2.45) is 0 Å². The Morgan fingerprint density at radius 1 is 1.47 bits per heavy atom. The van der Waals surface area contributed by atoms with E-state index in [0.717, 1.165) is 5.56 Å². The van der Waals surface area contributed by atoms with Gasteiger partial charge >= 0.3 is 0 Å². The van der Waals surface area contributed by atoms with Crippen LogP contribution in [0.4, 0.5) is 0 Å². The molecular weight excluding hydrogens is 248 g/mol. The molecule has 19 heavy (non-hydrogen) atoms. The highest BCUT2D eigenvalue weighted by Gasteiger charge is 2.28. The largest absolute Gasteiger partial charge is 0.454 e. The molecule has 1 aromatic rings. The number of β-amino-alcohol motifs (C(OH)–C–C–N with tert-alkyl or cyclic N) is 1. The number of hydrogen-bond donors (Lipinski definition) is 3. The zero-order valence-electron chi connectivity index (χ0n) is 10.4. The Hall–Kier alpha value is -1.79. The van der Waals surface area contributed by atoms with Crippen molar-refractivity contribution in [1.29, 1.82) is 0 Å². The summed E-state index contributed by atoms with van der Waals surface area (Å²) in [7, 11) is 0. The zero-order valence-corrected chi connectivity index (χ0v) is 10.4. The maximum atomic E-state index is 11.9. The second-order valence-corrected chi connectivity index (χ2v) is 4.72. The molecule has 0 radical (unpaired) electrons. The minimum absolute atomic E-state index is 0.104. The number of aliphatic hydroxyl groups is 1. The minimum atomic E-state index is -0.437. The summed E-state index contributed by atoms with van der Waals surface area (Å²) < 4.78 is 10.7. The number of fused-ring (bicyclic) bond motifs is 1. The Morgan fingerprint density at radius 2 is 2.37 bits per heavy atom. The van der Waals surface area contributed by atoms with Crippen LogP contribution in [0.25, 0.3) is 0 Å². The Labute approximate surface area is 110 Å². The molecule has 2 aliphatic heterocycles. The lowest BCUT2D eigenvalue weighted by molar-refractivity contribution is -0.123. The average Bonchev–Trinajstić information content (AvgIpc) is 3.04. The van der Waals surface area contributed by atoms with Gasteiger partial charge in [0.2, 0.25) is 12.7 Å². The fourth-order valence-electron chi connectivity index (χ4n) is 2.35. The average molecular weight is 264 g/mol. The third-order valence-electron chi connectivity index (χ3n) is 3.36. The molecule has 3 rings (SSSR count). The predicted octanol–water partition coefficient (Wildman–Crippen LogP) is -0.246. The molecule has 0 spiro atoms. The number of carbonyl (C=O) groups is 1. The van der Waals surface area contributed by atoms with Crippen LogP contribution in [0.15, 0.2) is 18.2 Å². The van der Waals surface area contributed by atoms with Gasteiger partial charge in [-0.05, 0) is 12.5 Å². The molecule has 2 aliphatic rings. The van der Waals surface area contributed by atoms with Gasteiger partial charge in [0, 0.05) is 18.7 Å². The van der Waals surface area contributed by atoms with Crippen molar-refractivity contribution in [2.75, 3.05) is 13.3 Å². The summed E-state index contributed by atoms with van der Waals surface area (Å²) in [6.45, 7) is 1.08. The lowest BCUT2D eigenvalue weighted by atomic mass is 10.1. The second-order valence-electron chi connectivity index (χ2n) is 4.72. The topological polar surface area (TPSA) is 79.8 Å². The number of amides is 1. The maximum Gasteiger partial charge on any atom is 0.237 e. The van der Waals surface area contributed by atoms with E-state index in [9.17, 15) is 9.90 Å². The van der Waals surface area contributed by atoms with E-state index in [2.05, 4.69) is 10.6 Å². The van der Waals surface area contributed by atoms with Crippen LogP contribution in [0.2, 0.25) is 0 Å². The normalized spacial score (nSPS) is 24.5. The molecule has 1 fully saturated rings. The molecule has 3 N–H and O–H groups in total. The Bertz CT molecular complexity index is 492. The molecule has 0 bridgehead atoms. The summed E-state index contributed by atoms with van der Waals surface area (Å²) in [6, 6.07) is 5.28. The number of benzene rings is 1. The van der Waals surface area contributed by atoms with Gasteiger partial charge < -0.3 is 25.2 Å². The predicted molar refractivity (Wildman–Crippen MR) is 66.8 cm³/mol. The highest BCUT2D eigenvalue weighted by atomic mass is 16.7. The van der Waals surface area contributed by atoms with Crippen LogP contribution in [0.1, 0.15) is 12.0 Å². The first-order valence-corrected chi connectivity index (χ1v) is 6.30. The van der Waals surface area contributed by atoms with Crippen molar-refractivity contribution in [3.8, 4) is 11.5 Å². The van der Waals surface area contributed by atoms with E-state index >= 15 is 0 Å². The Morgan fingerprint density at radius 3 is 3.16 bits per heavy atom. The van der Waals surface area contributed by atoms with Gasteiger partial charge in [0.05, 0.1) is 12.1 Å². The van der Waals surface area contributed by atoms with Crippen molar-refractivity contribution >= 4 is 5.91 Å². The number of ether oxygens (including phenoxy) is 2. The van der Waals surface area contributed by atoms with Gasteiger partial charge in [-0.2, -0.15) is 0 Å². The van der Waals surface area contributed by atoms with Crippen LogP contribution in [0.5, 0.6) is 11.5 Å². The van der Waals surface area contributed by atoms with Crippen LogP contribution in [-0.2, 0) is 11.3 Å². The molecule has 102 valence electrons. The SMILES string of the molecule is O=C(NCc1cccc2c1OCO2)C1CC(O)CN1. The first-order chi connectivity index (χ1) is 9.24. The molecule has 6 nitrogen and oxygen atoms in total. The number of nitrogens with one attached hydrogen (secondary N) is 2. The lowest BCUT2D eigenvalue weighted by Gasteiger charge is -2.12. The molecule has 2 heterocycles. The van der Waals surface area contributed by atoms with Crippen LogP contribution >= 0.6 is 0 Å². The first-order valence-electron chi connectivity index (χ1n) is 6.30. The standard InChI is InChI=1S/C13H16N2O4/c16-9-4-10(14-6-9)13(17)15-5-8-2-1-3-11-12(8)19-7-18-11/h1-3,9-10,14,16H,4-7H2,(H,15,17). The van der Waals surface area contributed by atoms with Crippen molar-refractivity contribution < 1.29 is 19.4 Å². The van der Waals surface area contributed by atoms with Crippen LogP contribution < -0.4 is 20.1 Å². The molecule has 1 saturated heterocycles. The highest BCUT2D eigenvalue weighted by Crippen LogP contribution is 2.35. The van der Waals surface area contributed by atoms with Gasteiger partial charge in [0.15, 0.2) is 11.5 Å². The van der Waals surface area contributed by atoms with E-state index in [4.69, 9.17) is 9.47 Å². The smallest absolute Gasteiger partial charge is 0.237 e. The summed E-state index contributed by atoms with van der Waals surface area (Å²) in [4.78, 5) is 11.9. The molecule has 1 amide bonds. The maximum absolute atomic E-state index is 11.9. The number of rotatable bonds is 3. The van der Waals surface area contributed by atoms with Crippen molar-refractivity contribution in [3.05, 3.63) is 23.8 Å². The summed E-state index contributed by atoms with van der Waals surface area (Å²) in [5.74, 6) is 1.30. The van der Waals surface area contributed by atoms with Gasteiger partial charge in [-0.15, -0.1) is 0 Å².